The molecule has 100 valence electrons. The first kappa shape index (κ1) is 14.0. The minimum Gasteiger partial charge on any atom is -0.327 e. The van der Waals surface area contributed by atoms with Gasteiger partial charge in [-0.05, 0) is 37.8 Å². The van der Waals surface area contributed by atoms with E-state index in [1.54, 1.807) is 0 Å². The Labute approximate surface area is 116 Å². The maximum absolute atomic E-state index is 6.37. The Morgan fingerprint density at radius 3 is 2.33 bits per heavy atom. The van der Waals surface area contributed by atoms with Gasteiger partial charge in [0.2, 0.25) is 0 Å². The van der Waals surface area contributed by atoms with Gasteiger partial charge in [-0.25, -0.2) is 0 Å². The molecule has 1 atom stereocenters. The third kappa shape index (κ3) is 4.33. The predicted octanol–water partition coefficient (Wildman–Crippen LogP) is 4.38. The molecule has 1 aromatic rings. The third-order valence-corrected chi connectivity index (χ3v) is 5.13. The SMILES string of the molecule is Cc1ccc(SCC(N)C2CCCCCC2)cc1. The summed E-state index contributed by atoms with van der Waals surface area (Å²) in [5.41, 5.74) is 7.70. The Morgan fingerprint density at radius 1 is 1.11 bits per heavy atom. The molecular weight excluding hydrogens is 238 g/mol. The monoisotopic (exact) mass is 263 g/mol. The van der Waals surface area contributed by atoms with Crippen LogP contribution in [0.1, 0.15) is 44.1 Å². The summed E-state index contributed by atoms with van der Waals surface area (Å²) in [6.45, 7) is 2.13. The van der Waals surface area contributed by atoms with Gasteiger partial charge in [0, 0.05) is 16.7 Å². The van der Waals surface area contributed by atoms with Crippen molar-refractivity contribution in [2.45, 2.75) is 56.4 Å². The lowest BCUT2D eigenvalue weighted by molar-refractivity contribution is 0.397. The van der Waals surface area contributed by atoms with E-state index in [0.29, 0.717) is 6.04 Å². The number of nitrogens with two attached hydrogens (primary N) is 1. The highest BCUT2D eigenvalue weighted by atomic mass is 32.2. The summed E-state index contributed by atoms with van der Waals surface area (Å²) in [5.74, 6) is 1.82. The van der Waals surface area contributed by atoms with Crippen molar-refractivity contribution in [3.8, 4) is 0 Å². The lowest BCUT2D eigenvalue weighted by Crippen LogP contribution is -2.32. The van der Waals surface area contributed by atoms with Crippen LogP contribution in [0.2, 0.25) is 0 Å². The Hall–Kier alpha value is -0.470. The molecule has 0 saturated heterocycles. The summed E-state index contributed by atoms with van der Waals surface area (Å²) in [7, 11) is 0. The van der Waals surface area contributed by atoms with Crippen molar-refractivity contribution in [3.05, 3.63) is 29.8 Å². The van der Waals surface area contributed by atoms with Crippen LogP contribution in [-0.4, -0.2) is 11.8 Å². The summed E-state index contributed by atoms with van der Waals surface area (Å²) in [4.78, 5) is 1.35. The van der Waals surface area contributed by atoms with E-state index in [1.165, 1.54) is 49.0 Å². The van der Waals surface area contributed by atoms with E-state index < -0.39 is 0 Å². The van der Waals surface area contributed by atoms with Gasteiger partial charge >= 0.3 is 0 Å². The van der Waals surface area contributed by atoms with E-state index in [-0.39, 0.29) is 0 Å². The normalized spacial score (nSPS) is 19.4. The fourth-order valence-electron chi connectivity index (χ4n) is 2.70. The summed E-state index contributed by atoms with van der Waals surface area (Å²) in [5, 5.41) is 0. The molecule has 1 aromatic carbocycles. The average molecular weight is 263 g/mol. The largest absolute Gasteiger partial charge is 0.327 e. The molecule has 1 aliphatic carbocycles. The molecule has 1 saturated carbocycles. The minimum absolute atomic E-state index is 0.370. The zero-order chi connectivity index (χ0) is 12.8. The molecule has 1 nitrogen and oxygen atoms in total. The number of benzene rings is 1. The Kier molecular flexibility index (Phi) is 5.58. The van der Waals surface area contributed by atoms with E-state index in [0.717, 1.165) is 11.7 Å². The molecular formula is C16H25NS. The highest BCUT2D eigenvalue weighted by molar-refractivity contribution is 7.99. The first-order valence-electron chi connectivity index (χ1n) is 7.21. The van der Waals surface area contributed by atoms with Crippen LogP contribution in [0.3, 0.4) is 0 Å². The van der Waals surface area contributed by atoms with Crippen molar-refractivity contribution < 1.29 is 0 Å². The van der Waals surface area contributed by atoms with Gasteiger partial charge < -0.3 is 5.73 Å². The molecule has 0 heterocycles. The van der Waals surface area contributed by atoms with Gasteiger partial charge in [0.25, 0.3) is 0 Å². The van der Waals surface area contributed by atoms with Crippen LogP contribution < -0.4 is 5.73 Å². The van der Waals surface area contributed by atoms with E-state index in [9.17, 15) is 0 Å². The van der Waals surface area contributed by atoms with Crippen molar-refractivity contribution in [2.75, 3.05) is 5.75 Å². The number of aryl methyl sites for hydroxylation is 1. The van der Waals surface area contributed by atoms with Crippen LogP contribution in [0.5, 0.6) is 0 Å². The summed E-state index contributed by atoms with van der Waals surface area (Å²) in [6, 6.07) is 9.15. The second-order valence-electron chi connectivity index (χ2n) is 5.54. The Morgan fingerprint density at radius 2 is 1.72 bits per heavy atom. The van der Waals surface area contributed by atoms with Crippen molar-refractivity contribution in [2.24, 2.45) is 11.7 Å². The van der Waals surface area contributed by atoms with Crippen LogP contribution in [0.4, 0.5) is 0 Å². The molecule has 0 aliphatic heterocycles. The zero-order valence-electron chi connectivity index (χ0n) is 11.4. The van der Waals surface area contributed by atoms with Gasteiger partial charge in [-0.3, -0.25) is 0 Å². The topological polar surface area (TPSA) is 26.0 Å². The first-order chi connectivity index (χ1) is 8.75. The Balaban J connectivity index is 1.79. The van der Waals surface area contributed by atoms with Gasteiger partial charge in [-0.1, -0.05) is 43.4 Å². The molecule has 2 heteroatoms. The maximum Gasteiger partial charge on any atom is 0.0162 e. The van der Waals surface area contributed by atoms with Gasteiger partial charge in [-0.2, -0.15) is 0 Å². The van der Waals surface area contributed by atoms with E-state index >= 15 is 0 Å². The minimum atomic E-state index is 0.370. The second kappa shape index (κ2) is 7.20. The van der Waals surface area contributed by atoms with Gasteiger partial charge in [0.05, 0.1) is 0 Å². The van der Waals surface area contributed by atoms with Crippen LogP contribution >= 0.6 is 11.8 Å². The highest BCUT2D eigenvalue weighted by Crippen LogP contribution is 2.28. The van der Waals surface area contributed by atoms with Gasteiger partial charge in [-0.15, -0.1) is 11.8 Å². The highest BCUT2D eigenvalue weighted by Gasteiger charge is 2.19. The summed E-state index contributed by atoms with van der Waals surface area (Å²) in [6.07, 6.45) is 8.27. The molecule has 0 radical (unpaired) electrons. The molecule has 0 spiro atoms. The Bertz CT molecular complexity index is 339. The lowest BCUT2D eigenvalue weighted by atomic mass is 9.94. The first-order valence-corrected chi connectivity index (χ1v) is 8.19. The van der Waals surface area contributed by atoms with Crippen molar-refractivity contribution >= 4 is 11.8 Å². The molecule has 0 amide bonds. The fourth-order valence-corrected chi connectivity index (χ4v) is 3.69. The summed E-state index contributed by atoms with van der Waals surface area (Å²) < 4.78 is 0. The molecule has 1 aliphatic rings. The molecule has 18 heavy (non-hydrogen) atoms. The molecule has 0 bridgehead atoms. The standard InChI is InChI=1S/C16H25NS/c1-13-8-10-15(11-9-13)18-12-16(17)14-6-4-2-3-5-7-14/h8-11,14,16H,2-7,12,17H2,1H3. The van der Waals surface area contributed by atoms with Crippen molar-refractivity contribution in [1.82, 2.24) is 0 Å². The molecule has 2 rings (SSSR count). The average Bonchev–Trinajstić information content (AvgIpc) is 2.66. The molecule has 1 unspecified atom stereocenters. The molecule has 2 N–H and O–H groups in total. The predicted molar refractivity (Wildman–Crippen MR) is 81.1 cm³/mol. The van der Waals surface area contributed by atoms with E-state index in [1.807, 2.05) is 11.8 Å². The zero-order valence-corrected chi connectivity index (χ0v) is 12.2. The van der Waals surface area contributed by atoms with Crippen LogP contribution in [0.15, 0.2) is 29.2 Å². The smallest absolute Gasteiger partial charge is 0.0162 e. The van der Waals surface area contributed by atoms with Gasteiger partial charge in [0.15, 0.2) is 0 Å². The summed E-state index contributed by atoms with van der Waals surface area (Å²) >= 11 is 1.91. The lowest BCUT2D eigenvalue weighted by Gasteiger charge is -2.21. The molecule has 0 aromatic heterocycles. The number of rotatable bonds is 4. The molecule has 1 fully saturated rings. The van der Waals surface area contributed by atoms with E-state index in [4.69, 9.17) is 5.73 Å². The number of hydrogen-bond donors (Lipinski definition) is 1. The van der Waals surface area contributed by atoms with Crippen LogP contribution in [0.25, 0.3) is 0 Å². The third-order valence-electron chi connectivity index (χ3n) is 3.97. The van der Waals surface area contributed by atoms with E-state index in [2.05, 4.69) is 31.2 Å². The maximum atomic E-state index is 6.37. The number of hydrogen-bond acceptors (Lipinski definition) is 2. The van der Waals surface area contributed by atoms with Crippen LogP contribution in [0, 0.1) is 12.8 Å². The van der Waals surface area contributed by atoms with Crippen molar-refractivity contribution in [1.29, 1.82) is 0 Å². The van der Waals surface area contributed by atoms with Crippen LogP contribution in [-0.2, 0) is 0 Å². The van der Waals surface area contributed by atoms with Gasteiger partial charge in [0.1, 0.15) is 0 Å². The fraction of sp³-hybridized carbons (Fsp3) is 0.625. The quantitative estimate of drug-likeness (QED) is 0.644. The second-order valence-corrected chi connectivity index (χ2v) is 6.63. The number of thioether (sulfide) groups is 1. The van der Waals surface area contributed by atoms with Crippen molar-refractivity contribution in [3.63, 3.8) is 0 Å².